The molecule has 1 aromatic carbocycles. The minimum Gasteiger partial charge on any atom is -0.331 e. The molecule has 1 atom stereocenters. The van der Waals surface area contributed by atoms with Gasteiger partial charge in [0, 0.05) is 4.47 Å². The number of hydrogen-bond acceptors (Lipinski definition) is 1. The van der Waals surface area contributed by atoms with E-state index in [-0.39, 0.29) is 12.1 Å². The number of urea groups is 1. The van der Waals surface area contributed by atoms with E-state index in [0.29, 0.717) is 0 Å². The van der Waals surface area contributed by atoms with Gasteiger partial charge in [-0.15, -0.1) is 0 Å². The molecule has 3 nitrogen and oxygen atoms in total. The van der Waals surface area contributed by atoms with Crippen LogP contribution in [0.4, 0.5) is 10.5 Å². The van der Waals surface area contributed by atoms with Crippen LogP contribution in [0.1, 0.15) is 18.5 Å². The molecule has 0 saturated carbocycles. The number of para-hydroxylation sites is 1. The minimum atomic E-state index is -0.146. The molecule has 1 aliphatic heterocycles. The lowest BCUT2D eigenvalue weighted by molar-refractivity contribution is 0.248. The molecule has 0 bridgehead atoms. The Morgan fingerprint density at radius 2 is 2.23 bits per heavy atom. The van der Waals surface area contributed by atoms with E-state index in [2.05, 4.69) is 26.6 Å². The first kappa shape index (κ1) is 8.56. The van der Waals surface area contributed by atoms with Gasteiger partial charge in [0.2, 0.25) is 0 Å². The summed E-state index contributed by atoms with van der Waals surface area (Å²) in [7, 11) is 0. The third-order valence-corrected chi connectivity index (χ3v) is 2.76. The molecule has 2 rings (SSSR count). The van der Waals surface area contributed by atoms with Crippen LogP contribution in [0.2, 0.25) is 0 Å². The van der Waals surface area contributed by atoms with Crippen molar-refractivity contribution >= 4 is 27.6 Å². The Hall–Kier alpha value is -1.03. The van der Waals surface area contributed by atoms with Gasteiger partial charge in [-0.2, -0.15) is 0 Å². The first-order chi connectivity index (χ1) is 6.18. The van der Waals surface area contributed by atoms with Gasteiger partial charge in [-0.3, -0.25) is 0 Å². The van der Waals surface area contributed by atoms with Gasteiger partial charge in [-0.05, 0) is 34.5 Å². The van der Waals surface area contributed by atoms with Crippen LogP contribution >= 0.6 is 15.9 Å². The van der Waals surface area contributed by atoms with E-state index < -0.39 is 0 Å². The summed E-state index contributed by atoms with van der Waals surface area (Å²) in [6, 6.07) is 5.79. The lowest BCUT2D eigenvalue weighted by Gasteiger charge is -2.25. The standard InChI is InChI=1S/C9H9BrN2O/c1-5-6-3-2-4-7(10)8(6)12-9(13)11-5/h2-5H,1H3,(H2,11,12,13). The molecule has 4 heteroatoms. The predicted octanol–water partition coefficient (Wildman–Crippen LogP) is 2.65. The van der Waals surface area contributed by atoms with Crippen LogP contribution in [0.3, 0.4) is 0 Å². The van der Waals surface area contributed by atoms with E-state index >= 15 is 0 Å². The fourth-order valence-electron chi connectivity index (χ4n) is 1.46. The first-order valence-electron chi connectivity index (χ1n) is 4.04. The van der Waals surface area contributed by atoms with E-state index in [1.165, 1.54) is 0 Å². The maximum atomic E-state index is 11.1. The summed E-state index contributed by atoms with van der Waals surface area (Å²) in [5, 5.41) is 5.55. The number of rotatable bonds is 0. The van der Waals surface area contributed by atoms with Crippen molar-refractivity contribution in [3.63, 3.8) is 0 Å². The normalized spacial score (nSPS) is 20.2. The third kappa shape index (κ3) is 1.42. The van der Waals surface area contributed by atoms with Gasteiger partial charge in [0.15, 0.2) is 0 Å². The average Bonchev–Trinajstić information content (AvgIpc) is 2.07. The highest BCUT2D eigenvalue weighted by Crippen LogP contribution is 2.32. The van der Waals surface area contributed by atoms with E-state index in [4.69, 9.17) is 0 Å². The Morgan fingerprint density at radius 1 is 1.46 bits per heavy atom. The molecule has 1 unspecified atom stereocenters. The summed E-state index contributed by atoms with van der Waals surface area (Å²) in [6.45, 7) is 1.96. The largest absolute Gasteiger partial charge is 0.331 e. The van der Waals surface area contributed by atoms with Crippen molar-refractivity contribution in [3.8, 4) is 0 Å². The number of benzene rings is 1. The zero-order valence-electron chi connectivity index (χ0n) is 7.10. The van der Waals surface area contributed by atoms with Gasteiger partial charge in [0.25, 0.3) is 0 Å². The maximum Gasteiger partial charge on any atom is 0.319 e. The number of anilines is 1. The summed E-state index contributed by atoms with van der Waals surface area (Å²) in [5.41, 5.74) is 1.98. The second-order valence-corrected chi connectivity index (χ2v) is 3.88. The number of carbonyl (C=O) groups excluding carboxylic acids is 1. The highest BCUT2D eigenvalue weighted by molar-refractivity contribution is 9.10. The number of nitrogens with one attached hydrogen (secondary N) is 2. The molecule has 0 saturated heterocycles. The highest BCUT2D eigenvalue weighted by Gasteiger charge is 2.21. The van der Waals surface area contributed by atoms with E-state index in [9.17, 15) is 4.79 Å². The first-order valence-corrected chi connectivity index (χ1v) is 4.83. The molecule has 1 aromatic rings. The summed E-state index contributed by atoms with van der Waals surface area (Å²) >= 11 is 3.39. The number of hydrogen-bond donors (Lipinski definition) is 2. The predicted molar refractivity (Wildman–Crippen MR) is 54.7 cm³/mol. The number of fused-ring (bicyclic) bond motifs is 1. The highest BCUT2D eigenvalue weighted by atomic mass is 79.9. The molecule has 2 N–H and O–H groups in total. The molecule has 0 aliphatic carbocycles. The minimum absolute atomic E-state index is 0.0706. The monoisotopic (exact) mass is 240 g/mol. The van der Waals surface area contributed by atoms with Gasteiger partial charge in [-0.1, -0.05) is 12.1 Å². The van der Waals surface area contributed by atoms with Crippen molar-refractivity contribution in [3.05, 3.63) is 28.2 Å². The fourth-order valence-corrected chi connectivity index (χ4v) is 1.94. The summed E-state index contributed by atoms with van der Waals surface area (Å²) in [6.07, 6.45) is 0. The molecular weight excluding hydrogens is 232 g/mol. The van der Waals surface area contributed by atoms with Crippen molar-refractivity contribution in [1.82, 2.24) is 5.32 Å². The number of halogens is 1. The summed E-state index contributed by atoms with van der Waals surface area (Å²) < 4.78 is 0.923. The van der Waals surface area contributed by atoms with Crippen LogP contribution in [-0.4, -0.2) is 6.03 Å². The zero-order chi connectivity index (χ0) is 9.42. The van der Waals surface area contributed by atoms with E-state index in [1.54, 1.807) is 0 Å². The lowest BCUT2D eigenvalue weighted by Crippen LogP contribution is -2.36. The quantitative estimate of drug-likeness (QED) is 0.720. The smallest absolute Gasteiger partial charge is 0.319 e. The van der Waals surface area contributed by atoms with Gasteiger partial charge >= 0.3 is 6.03 Å². The number of amides is 2. The summed E-state index contributed by atoms with van der Waals surface area (Å²) in [4.78, 5) is 11.1. The Bertz CT molecular complexity index is 365. The topological polar surface area (TPSA) is 41.1 Å². The molecule has 0 aromatic heterocycles. The molecule has 0 radical (unpaired) electrons. The van der Waals surface area contributed by atoms with Gasteiger partial charge in [0.05, 0.1) is 11.7 Å². The second kappa shape index (κ2) is 3.03. The SMILES string of the molecule is CC1NC(=O)Nc2c(Br)cccc21. The van der Waals surface area contributed by atoms with Gasteiger partial charge in [-0.25, -0.2) is 4.79 Å². The molecular formula is C9H9BrN2O. The Balaban J connectivity index is 2.54. The van der Waals surface area contributed by atoms with Crippen LogP contribution in [0, 0.1) is 0 Å². The van der Waals surface area contributed by atoms with E-state index in [0.717, 1.165) is 15.7 Å². The van der Waals surface area contributed by atoms with Crippen LogP contribution in [0.15, 0.2) is 22.7 Å². The van der Waals surface area contributed by atoms with Crippen molar-refractivity contribution in [2.24, 2.45) is 0 Å². The average molecular weight is 241 g/mol. The third-order valence-electron chi connectivity index (χ3n) is 2.10. The molecule has 1 heterocycles. The van der Waals surface area contributed by atoms with E-state index in [1.807, 2.05) is 25.1 Å². The lowest BCUT2D eigenvalue weighted by atomic mass is 10.0. The van der Waals surface area contributed by atoms with Crippen molar-refractivity contribution in [2.75, 3.05) is 5.32 Å². The van der Waals surface area contributed by atoms with Crippen molar-refractivity contribution in [2.45, 2.75) is 13.0 Å². The fraction of sp³-hybridized carbons (Fsp3) is 0.222. The van der Waals surface area contributed by atoms with Gasteiger partial charge < -0.3 is 10.6 Å². The molecule has 0 fully saturated rings. The van der Waals surface area contributed by atoms with Crippen LogP contribution in [0.5, 0.6) is 0 Å². The zero-order valence-corrected chi connectivity index (χ0v) is 8.68. The molecule has 0 spiro atoms. The van der Waals surface area contributed by atoms with Crippen LogP contribution < -0.4 is 10.6 Å². The molecule has 13 heavy (non-hydrogen) atoms. The Labute approximate surface area is 84.6 Å². The molecule has 68 valence electrons. The second-order valence-electron chi connectivity index (χ2n) is 3.02. The molecule has 1 aliphatic rings. The molecule has 2 amide bonds. The van der Waals surface area contributed by atoms with Crippen molar-refractivity contribution < 1.29 is 4.79 Å². The van der Waals surface area contributed by atoms with Crippen molar-refractivity contribution in [1.29, 1.82) is 0 Å². The Morgan fingerprint density at radius 3 is 3.00 bits per heavy atom. The van der Waals surface area contributed by atoms with Crippen LogP contribution in [0.25, 0.3) is 0 Å². The van der Waals surface area contributed by atoms with Gasteiger partial charge in [0.1, 0.15) is 0 Å². The summed E-state index contributed by atoms with van der Waals surface area (Å²) in [5.74, 6) is 0. The maximum absolute atomic E-state index is 11.1. The Kier molecular flexibility index (Phi) is 2.00. The number of carbonyl (C=O) groups is 1. The van der Waals surface area contributed by atoms with Crippen LogP contribution in [-0.2, 0) is 0 Å².